The lowest BCUT2D eigenvalue weighted by atomic mass is 9.97. The van der Waals surface area contributed by atoms with Crippen LogP contribution < -0.4 is 0 Å². The lowest BCUT2D eigenvalue weighted by Gasteiger charge is -2.32. The predicted molar refractivity (Wildman–Crippen MR) is 122 cm³/mol. The van der Waals surface area contributed by atoms with Crippen LogP contribution in [0.15, 0.2) is 47.4 Å². The molecule has 4 rings (SSSR count). The third-order valence-electron chi connectivity index (χ3n) is 5.23. The van der Waals surface area contributed by atoms with Gasteiger partial charge in [0.05, 0.1) is 25.4 Å². The van der Waals surface area contributed by atoms with Crippen LogP contribution in [0.25, 0.3) is 10.2 Å². The number of fused-ring (bicyclic) bond motifs is 1. The number of carbonyl (C=O) groups is 1. The Morgan fingerprint density at radius 3 is 2.63 bits per heavy atom. The number of thioether (sulfide) groups is 1. The Hall–Kier alpha value is -2.16. The fraction of sp³-hybridized carbons (Fsp3) is 0.333. The van der Waals surface area contributed by atoms with Crippen molar-refractivity contribution in [3.8, 4) is 0 Å². The molecule has 3 aromatic rings. The number of piperidine rings is 1. The van der Waals surface area contributed by atoms with E-state index in [1.807, 2.05) is 30.0 Å². The monoisotopic (exact) mass is 461 g/mol. The van der Waals surface area contributed by atoms with Gasteiger partial charge in [0.2, 0.25) is 5.91 Å². The molecule has 1 aliphatic heterocycles. The molecular formula is C21H20ClN3O3S2. The van der Waals surface area contributed by atoms with Gasteiger partial charge in [-0.15, -0.1) is 23.1 Å². The molecule has 0 spiro atoms. The van der Waals surface area contributed by atoms with Crippen LogP contribution in [-0.2, 0) is 4.79 Å². The van der Waals surface area contributed by atoms with Gasteiger partial charge >= 0.3 is 0 Å². The molecule has 1 aromatic heterocycles. The Labute approximate surface area is 187 Å². The van der Waals surface area contributed by atoms with Crippen molar-refractivity contribution in [2.24, 2.45) is 0 Å². The smallest absolute Gasteiger partial charge is 0.269 e. The highest BCUT2D eigenvalue weighted by Crippen LogP contribution is 2.35. The summed E-state index contributed by atoms with van der Waals surface area (Å²) in [6, 6.07) is 12.1. The molecule has 1 atom stereocenters. The largest absolute Gasteiger partial charge is 0.342 e. The van der Waals surface area contributed by atoms with E-state index >= 15 is 0 Å². The molecule has 1 fully saturated rings. The molecule has 0 aliphatic carbocycles. The van der Waals surface area contributed by atoms with E-state index in [-0.39, 0.29) is 16.8 Å². The number of rotatable bonds is 5. The minimum absolute atomic E-state index is 0.0533. The first-order valence-corrected chi connectivity index (χ1v) is 11.7. The first kappa shape index (κ1) is 21.1. The van der Waals surface area contributed by atoms with Crippen molar-refractivity contribution >= 4 is 56.5 Å². The summed E-state index contributed by atoms with van der Waals surface area (Å²) in [5.41, 5.74) is 0.992. The summed E-state index contributed by atoms with van der Waals surface area (Å²) in [5.74, 6) is 0.468. The minimum atomic E-state index is -0.423. The van der Waals surface area contributed by atoms with Gasteiger partial charge in [0.1, 0.15) is 0 Å². The molecule has 156 valence electrons. The summed E-state index contributed by atoms with van der Waals surface area (Å²) in [5, 5.41) is 12.3. The molecule has 2 aromatic carbocycles. The van der Waals surface area contributed by atoms with E-state index in [1.54, 1.807) is 23.5 Å². The maximum absolute atomic E-state index is 12.9. The Bertz CT molecular complexity index is 1080. The number of hydrogen-bond acceptors (Lipinski definition) is 6. The lowest BCUT2D eigenvalue weighted by Crippen LogP contribution is -2.41. The van der Waals surface area contributed by atoms with Crippen LogP contribution in [-0.4, -0.2) is 39.1 Å². The van der Waals surface area contributed by atoms with Gasteiger partial charge in [-0.05, 0) is 50.1 Å². The summed E-state index contributed by atoms with van der Waals surface area (Å²) in [6.45, 7) is 3.31. The van der Waals surface area contributed by atoms with Crippen molar-refractivity contribution in [2.45, 2.75) is 35.8 Å². The summed E-state index contributed by atoms with van der Waals surface area (Å²) in [4.78, 5) is 30.7. The number of non-ortho nitro benzene ring substituents is 1. The molecule has 0 radical (unpaired) electrons. The second kappa shape index (κ2) is 8.91. The van der Waals surface area contributed by atoms with Crippen molar-refractivity contribution in [3.63, 3.8) is 0 Å². The Balaban J connectivity index is 1.34. The fourth-order valence-electron chi connectivity index (χ4n) is 3.60. The van der Waals surface area contributed by atoms with Crippen molar-refractivity contribution < 1.29 is 9.72 Å². The van der Waals surface area contributed by atoms with Crippen LogP contribution in [0, 0.1) is 10.1 Å². The zero-order valence-electron chi connectivity index (χ0n) is 16.3. The lowest BCUT2D eigenvalue weighted by molar-refractivity contribution is -0.384. The van der Waals surface area contributed by atoms with Crippen molar-refractivity contribution in [2.75, 3.05) is 13.1 Å². The first-order valence-electron chi connectivity index (χ1n) is 9.66. The second-order valence-electron chi connectivity index (χ2n) is 7.27. The molecule has 1 saturated heterocycles. The van der Waals surface area contributed by atoms with E-state index in [0.717, 1.165) is 33.0 Å². The van der Waals surface area contributed by atoms with E-state index in [1.165, 1.54) is 23.9 Å². The average molecular weight is 462 g/mol. The number of thiazole rings is 1. The molecule has 1 amide bonds. The number of benzene rings is 2. The molecular weight excluding hydrogens is 442 g/mol. The summed E-state index contributed by atoms with van der Waals surface area (Å²) < 4.78 is 1.14. The molecule has 30 heavy (non-hydrogen) atoms. The highest BCUT2D eigenvalue weighted by atomic mass is 35.5. The zero-order valence-corrected chi connectivity index (χ0v) is 18.7. The predicted octanol–water partition coefficient (Wildman–Crippen LogP) is 5.74. The average Bonchev–Trinajstić information content (AvgIpc) is 3.17. The number of hydrogen-bond donors (Lipinski definition) is 0. The van der Waals surface area contributed by atoms with Crippen LogP contribution in [0.2, 0.25) is 5.02 Å². The maximum atomic E-state index is 12.9. The van der Waals surface area contributed by atoms with Crippen LogP contribution in [0.5, 0.6) is 0 Å². The minimum Gasteiger partial charge on any atom is -0.342 e. The maximum Gasteiger partial charge on any atom is 0.269 e. The SMILES string of the molecule is CC(Sc1ccc([N+](=O)[O-])cc1)C(=O)N1CCC(c2nc3cc(Cl)ccc3s2)CC1. The number of nitro benzene ring substituents is 1. The molecule has 9 heteroatoms. The summed E-state index contributed by atoms with van der Waals surface area (Å²) in [7, 11) is 0. The third kappa shape index (κ3) is 4.61. The summed E-state index contributed by atoms with van der Waals surface area (Å²) in [6.07, 6.45) is 1.79. The number of halogens is 1. The normalized spacial score (nSPS) is 16.0. The number of likely N-dealkylation sites (tertiary alicyclic amines) is 1. The van der Waals surface area contributed by atoms with Gasteiger partial charge in [-0.3, -0.25) is 14.9 Å². The number of nitro groups is 1. The Kier molecular flexibility index (Phi) is 6.26. The van der Waals surface area contributed by atoms with E-state index in [2.05, 4.69) is 0 Å². The quantitative estimate of drug-likeness (QED) is 0.275. The van der Waals surface area contributed by atoms with E-state index in [4.69, 9.17) is 16.6 Å². The molecule has 1 unspecified atom stereocenters. The molecule has 0 N–H and O–H groups in total. The molecule has 0 saturated carbocycles. The van der Waals surface area contributed by atoms with Gasteiger partial charge in [-0.25, -0.2) is 4.98 Å². The Morgan fingerprint density at radius 1 is 1.27 bits per heavy atom. The van der Waals surface area contributed by atoms with E-state index in [9.17, 15) is 14.9 Å². The third-order valence-corrected chi connectivity index (χ3v) is 7.76. The molecule has 6 nitrogen and oxygen atoms in total. The van der Waals surface area contributed by atoms with Gasteiger partial charge in [0.25, 0.3) is 5.69 Å². The number of carbonyl (C=O) groups excluding carboxylic acids is 1. The van der Waals surface area contributed by atoms with E-state index < -0.39 is 4.92 Å². The standard InChI is InChI=1S/C21H20ClN3O3S2/c1-13(29-17-5-3-16(4-6-17)25(27)28)21(26)24-10-8-14(9-11-24)20-23-18-12-15(22)2-7-19(18)30-20/h2-7,12-14H,8-11H2,1H3. The van der Waals surface area contributed by atoms with Crippen LogP contribution in [0.3, 0.4) is 0 Å². The number of aromatic nitrogens is 1. The molecule has 2 heterocycles. The highest BCUT2D eigenvalue weighted by Gasteiger charge is 2.28. The Morgan fingerprint density at radius 2 is 1.97 bits per heavy atom. The molecule has 0 bridgehead atoms. The van der Waals surface area contributed by atoms with Gasteiger partial charge in [0, 0.05) is 41.1 Å². The van der Waals surface area contributed by atoms with E-state index in [0.29, 0.717) is 24.0 Å². The van der Waals surface area contributed by atoms with Gasteiger partial charge < -0.3 is 4.90 Å². The van der Waals surface area contributed by atoms with Gasteiger partial charge in [-0.1, -0.05) is 11.6 Å². The van der Waals surface area contributed by atoms with Gasteiger partial charge in [0.15, 0.2) is 0 Å². The topological polar surface area (TPSA) is 76.3 Å². The van der Waals surface area contributed by atoms with Crippen LogP contribution >= 0.6 is 34.7 Å². The highest BCUT2D eigenvalue weighted by molar-refractivity contribution is 8.00. The summed E-state index contributed by atoms with van der Waals surface area (Å²) >= 11 is 9.20. The first-order chi connectivity index (χ1) is 14.4. The zero-order chi connectivity index (χ0) is 21.3. The fourth-order valence-corrected chi connectivity index (χ4v) is 5.83. The molecule has 1 aliphatic rings. The van der Waals surface area contributed by atoms with Crippen molar-refractivity contribution in [3.05, 3.63) is 62.6 Å². The second-order valence-corrected chi connectivity index (χ2v) is 10.2. The van der Waals surface area contributed by atoms with Crippen molar-refractivity contribution in [1.29, 1.82) is 0 Å². The number of amides is 1. The van der Waals surface area contributed by atoms with Crippen LogP contribution in [0.1, 0.15) is 30.7 Å². The van der Waals surface area contributed by atoms with Crippen molar-refractivity contribution in [1.82, 2.24) is 9.88 Å². The number of nitrogens with zero attached hydrogens (tertiary/aromatic N) is 3. The van der Waals surface area contributed by atoms with Crippen LogP contribution in [0.4, 0.5) is 5.69 Å². The van der Waals surface area contributed by atoms with Gasteiger partial charge in [-0.2, -0.15) is 0 Å².